The summed E-state index contributed by atoms with van der Waals surface area (Å²) in [4.78, 5) is 33.0. The lowest BCUT2D eigenvalue weighted by atomic mass is 9.96. The van der Waals surface area contributed by atoms with Crippen molar-refractivity contribution in [1.29, 1.82) is 0 Å². The van der Waals surface area contributed by atoms with E-state index in [1.807, 2.05) is 70.3 Å². The van der Waals surface area contributed by atoms with Crippen molar-refractivity contribution < 1.29 is 28.3 Å². The number of hydrogen-bond donors (Lipinski definition) is 4. The van der Waals surface area contributed by atoms with Gasteiger partial charge < -0.3 is 25.8 Å². The molecule has 48 heavy (non-hydrogen) atoms. The van der Waals surface area contributed by atoms with Gasteiger partial charge in [0, 0.05) is 25.5 Å². The van der Waals surface area contributed by atoms with Crippen LogP contribution >= 0.6 is 11.3 Å². The predicted octanol–water partition coefficient (Wildman–Crippen LogP) is 4.25. The van der Waals surface area contributed by atoms with E-state index < -0.39 is 40.1 Å². The number of aliphatic hydroxyl groups excluding tert-OH is 1. The summed E-state index contributed by atoms with van der Waals surface area (Å²) in [7, 11) is -2.42. The number of oxime groups is 1. The molecule has 3 amide bonds. The van der Waals surface area contributed by atoms with E-state index in [0.717, 1.165) is 16.3 Å². The van der Waals surface area contributed by atoms with Crippen LogP contribution in [0.4, 0.5) is 4.79 Å². The van der Waals surface area contributed by atoms with Crippen LogP contribution in [-0.4, -0.2) is 89.4 Å². The second kappa shape index (κ2) is 18.1. The molecule has 0 bridgehead atoms. The number of nitrogens with one attached hydrogen (secondary N) is 2. The summed E-state index contributed by atoms with van der Waals surface area (Å²) in [6.07, 6.45) is 0.718. The van der Waals surface area contributed by atoms with Gasteiger partial charge in [0.25, 0.3) is 0 Å². The maximum atomic E-state index is 13.9. The lowest BCUT2D eigenvalue weighted by Gasteiger charge is -2.33. The number of sulfonamides is 1. The molecule has 0 saturated heterocycles. The highest BCUT2D eigenvalue weighted by Gasteiger charge is 2.34. The number of aryl methyl sites for hydroxylation is 1. The minimum atomic E-state index is -4.05. The number of aliphatic hydroxyl groups is 1. The third-order valence-corrected chi connectivity index (χ3v) is 10.6. The summed E-state index contributed by atoms with van der Waals surface area (Å²) in [5.41, 5.74) is 2.11. The van der Waals surface area contributed by atoms with Gasteiger partial charge in [0.05, 0.1) is 40.5 Å². The Hall–Kier alpha value is -3.85. The number of rotatable bonds is 17. The van der Waals surface area contributed by atoms with Crippen LogP contribution in [0.3, 0.4) is 0 Å². The molecule has 262 valence electrons. The van der Waals surface area contributed by atoms with Gasteiger partial charge in [-0.2, -0.15) is 4.31 Å². The second-order valence-corrected chi connectivity index (χ2v) is 15.4. The van der Waals surface area contributed by atoms with Gasteiger partial charge in [-0.05, 0) is 48.4 Å². The zero-order chi connectivity index (χ0) is 35.4. The molecule has 0 radical (unpaired) electrons. The van der Waals surface area contributed by atoms with Crippen LogP contribution in [0.15, 0.2) is 70.0 Å². The van der Waals surface area contributed by atoms with E-state index in [4.69, 9.17) is 5.21 Å². The van der Waals surface area contributed by atoms with Crippen molar-refractivity contribution in [1.82, 2.24) is 24.8 Å². The SMILES string of the molecule is CC[C@H](C)[C@H](NC(=O)N(C)Cc1csc(C)n1)C(=O)N[C@@H](Cc1ccccc1)[C@@H](O)CN(CC(C)C)S(=O)(=O)c1ccc(C=NO)cc1. The van der Waals surface area contributed by atoms with Crippen molar-refractivity contribution in [2.24, 2.45) is 17.0 Å². The number of carbonyl (C=O) groups excluding carboxylic acids is 2. The number of nitrogens with zero attached hydrogens (tertiary/aromatic N) is 4. The molecule has 0 saturated carbocycles. The monoisotopic (exact) mass is 700 g/mol. The van der Waals surface area contributed by atoms with Gasteiger partial charge in [0.1, 0.15) is 6.04 Å². The summed E-state index contributed by atoms with van der Waals surface area (Å²) in [5, 5.41) is 32.1. The number of amides is 3. The molecule has 2 aromatic carbocycles. The van der Waals surface area contributed by atoms with E-state index in [1.165, 1.54) is 51.0 Å². The number of aromatic nitrogens is 1. The van der Waals surface area contributed by atoms with Crippen LogP contribution < -0.4 is 10.6 Å². The average molecular weight is 701 g/mol. The standard InChI is InChI=1S/C34H48N6O6S2/c1-7-24(4)32(38-34(43)39(6)20-28-22-47-25(5)36-28)33(42)37-30(17-26-11-9-8-10-12-26)31(41)21-40(19-23(2)3)48(45,46)29-15-13-27(14-16-29)18-35-44/h8-16,18,22-24,30-32,41,44H,7,17,19-21H2,1-6H3,(H,37,42)(H,38,43)/t24-,30-,31-,32-/m0/s1. The van der Waals surface area contributed by atoms with Crippen molar-refractivity contribution >= 4 is 39.5 Å². The topological polar surface area (TPSA) is 165 Å². The quantitative estimate of drug-likeness (QED) is 0.0929. The smallest absolute Gasteiger partial charge is 0.318 e. The van der Waals surface area contributed by atoms with E-state index in [9.17, 15) is 23.1 Å². The second-order valence-electron chi connectivity index (χ2n) is 12.4. The molecule has 0 aliphatic carbocycles. The fourth-order valence-electron chi connectivity index (χ4n) is 5.12. The Morgan fingerprint density at radius 2 is 1.71 bits per heavy atom. The van der Waals surface area contributed by atoms with Crippen molar-refractivity contribution in [3.63, 3.8) is 0 Å². The number of hydrogen-bond acceptors (Lipinski definition) is 9. The van der Waals surface area contributed by atoms with E-state index in [2.05, 4.69) is 20.8 Å². The summed E-state index contributed by atoms with van der Waals surface area (Å²) >= 11 is 1.49. The van der Waals surface area contributed by atoms with Crippen molar-refractivity contribution in [3.05, 3.63) is 81.8 Å². The van der Waals surface area contributed by atoms with Crippen molar-refractivity contribution in [2.75, 3.05) is 20.1 Å². The van der Waals surface area contributed by atoms with Crippen LogP contribution in [0.5, 0.6) is 0 Å². The zero-order valence-corrected chi connectivity index (χ0v) is 30.0. The van der Waals surface area contributed by atoms with E-state index in [1.54, 1.807) is 7.05 Å². The molecular weight excluding hydrogens is 653 g/mol. The molecule has 0 fully saturated rings. The number of urea groups is 1. The van der Waals surface area contributed by atoms with E-state index in [0.29, 0.717) is 12.0 Å². The molecule has 1 heterocycles. The Labute approximate surface area is 287 Å². The third-order valence-electron chi connectivity index (χ3n) is 7.96. The highest BCUT2D eigenvalue weighted by molar-refractivity contribution is 7.89. The van der Waals surface area contributed by atoms with Crippen LogP contribution in [0.25, 0.3) is 0 Å². The maximum Gasteiger partial charge on any atom is 0.318 e. The molecule has 14 heteroatoms. The molecule has 3 rings (SSSR count). The molecule has 1 aromatic heterocycles. The van der Waals surface area contributed by atoms with E-state index in [-0.39, 0.29) is 42.8 Å². The minimum Gasteiger partial charge on any atom is -0.411 e. The highest BCUT2D eigenvalue weighted by atomic mass is 32.2. The summed E-state index contributed by atoms with van der Waals surface area (Å²) in [6, 6.07) is 12.9. The maximum absolute atomic E-state index is 13.9. The van der Waals surface area contributed by atoms with Gasteiger partial charge in [0.15, 0.2) is 0 Å². The van der Waals surface area contributed by atoms with Gasteiger partial charge in [-0.3, -0.25) is 4.79 Å². The first kappa shape index (κ1) is 38.6. The summed E-state index contributed by atoms with van der Waals surface area (Å²) in [5.74, 6) is -0.782. The molecule has 4 atom stereocenters. The van der Waals surface area contributed by atoms with E-state index >= 15 is 0 Å². The molecule has 3 aromatic rings. The van der Waals surface area contributed by atoms with Gasteiger partial charge in [-0.1, -0.05) is 81.7 Å². The Bertz CT molecular complexity index is 1600. The lowest BCUT2D eigenvalue weighted by molar-refractivity contribution is -0.125. The third kappa shape index (κ3) is 11.1. The largest absolute Gasteiger partial charge is 0.411 e. The highest BCUT2D eigenvalue weighted by Crippen LogP contribution is 2.20. The Balaban J connectivity index is 1.86. The van der Waals surface area contributed by atoms with Crippen LogP contribution in [0.1, 0.15) is 55.9 Å². The summed E-state index contributed by atoms with van der Waals surface area (Å²) < 4.78 is 28.9. The lowest BCUT2D eigenvalue weighted by Crippen LogP contribution is -2.58. The van der Waals surface area contributed by atoms with Crippen molar-refractivity contribution in [2.45, 2.75) is 77.1 Å². The molecule has 12 nitrogen and oxygen atoms in total. The first-order valence-electron chi connectivity index (χ1n) is 16.0. The van der Waals surface area contributed by atoms with Gasteiger partial charge in [-0.25, -0.2) is 18.2 Å². The van der Waals surface area contributed by atoms with Gasteiger partial charge in [-0.15, -0.1) is 11.3 Å². The van der Waals surface area contributed by atoms with Gasteiger partial charge >= 0.3 is 6.03 Å². The summed E-state index contributed by atoms with van der Waals surface area (Å²) in [6.45, 7) is 9.56. The number of benzene rings is 2. The minimum absolute atomic E-state index is 0.0190. The van der Waals surface area contributed by atoms with Crippen LogP contribution in [-0.2, 0) is 27.8 Å². The molecule has 0 spiro atoms. The number of thiazole rings is 1. The van der Waals surface area contributed by atoms with Crippen LogP contribution in [0.2, 0.25) is 0 Å². The van der Waals surface area contributed by atoms with Gasteiger partial charge in [0.2, 0.25) is 15.9 Å². The first-order chi connectivity index (χ1) is 22.7. The Kier molecular flexibility index (Phi) is 14.5. The molecule has 0 aliphatic heterocycles. The molecule has 0 unspecified atom stereocenters. The van der Waals surface area contributed by atoms with Crippen LogP contribution in [0, 0.1) is 18.8 Å². The van der Waals surface area contributed by atoms with Crippen molar-refractivity contribution in [3.8, 4) is 0 Å². The first-order valence-corrected chi connectivity index (χ1v) is 18.3. The fourth-order valence-corrected chi connectivity index (χ4v) is 7.35. The Morgan fingerprint density at radius 3 is 2.27 bits per heavy atom. The molecule has 0 aliphatic rings. The molecule has 4 N–H and O–H groups in total. The number of carbonyl (C=O) groups is 2. The Morgan fingerprint density at radius 1 is 1.04 bits per heavy atom. The normalized spacial score (nSPS) is 14.5. The zero-order valence-electron chi connectivity index (χ0n) is 28.4. The predicted molar refractivity (Wildman–Crippen MR) is 188 cm³/mol. The molecular formula is C34H48N6O6S2. The fraction of sp³-hybridized carbons (Fsp3) is 0.471. The average Bonchev–Trinajstić information content (AvgIpc) is 3.46.